The fourth-order valence-electron chi connectivity index (χ4n) is 7.03. The predicted molar refractivity (Wildman–Crippen MR) is 277 cm³/mol. The zero-order chi connectivity index (χ0) is 48.4. The van der Waals surface area contributed by atoms with Gasteiger partial charge in [-0.15, -0.1) is 0 Å². The van der Waals surface area contributed by atoms with E-state index in [1.807, 2.05) is 0 Å². The van der Waals surface area contributed by atoms with E-state index in [9.17, 15) is 24.0 Å². The average molecular weight is 969 g/mol. The van der Waals surface area contributed by atoms with Gasteiger partial charge in [0, 0.05) is 43.9 Å². The van der Waals surface area contributed by atoms with E-state index in [-0.39, 0.29) is 56.7 Å². The molecular formula is C52H96N4O8S2. The molecule has 0 fully saturated rings. The minimum Gasteiger partial charge on any atom is -0.462 e. The van der Waals surface area contributed by atoms with Crippen molar-refractivity contribution in [2.24, 2.45) is 11.5 Å². The zero-order valence-electron chi connectivity index (χ0n) is 41.8. The molecular weight excluding hydrogens is 873 g/mol. The van der Waals surface area contributed by atoms with Gasteiger partial charge >= 0.3 is 17.9 Å². The lowest BCUT2D eigenvalue weighted by Gasteiger charge is -2.18. The molecule has 6 N–H and O–H groups in total. The van der Waals surface area contributed by atoms with Crippen molar-refractivity contribution in [3.63, 3.8) is 0 Å². The van der Waals surface area contributed by atoms with E-state index >= 15 is 0 Å². The van der Waals surface area contributed by atoms with E-state index in [0.717, 1.165) is 70.6 Å². The molecule has 0 heterocycles. The number of carbonyl (C=O) groups is 5. The van der Waals surface area contributed by atoms with Crippen molar-refractivity contribution >= 4 is 51.3 Å². The van der Waals surface area contributed by atoms with Gasteiger partial charge < -0.3 is 36.3 Å². The van der Waals surface area contributed by atoms with Crippen molar-refractivity contribution in [1.82, 2.24) is 10.6 Å². The summed E-state index contributed by atoms with van der Waals surface area (Å²) in [6.45, 7) is 5.48. The summed E-state index contributed by atoms with van der Waals surface area (Å²) in [5.41, 5.74) is 11.3. The molecule has 2 amide bonds. The Morgan fingerprint density at radius 3 is 1.38 bits per heavy atom. The number of hydrogen-bond donors (Lipinski definition) is 4. The minimum absolute atomic E-state index is 0.0437. The second-order valence-electron chi connectivity index (χ2n) is 17.5. The van der Waals surface area contributed by atoms with Gasteiger partial charge in [0.25, 0.3) is 0 Å². The second kappa shape index (κ2) is 50.3. The standard InChI is InChI=1S/C52H96N4O8S2/c1-3-5-7-9-11-13-15-17-19-21-23-25-27-29-31-35-49(58)62-44-46(64-51(60)36-32-30-28-26-24-22-20-18-16-14-12-10-8-6-4-2)45-63-50(59)38-37-48(57)55-40-42-65-66-43-41-56-52(61)47(54)34-33-39-53/h17-20,46-47H,3-16,21-45,53-54H2,1-2H3,(H,55,57)(H,56,61)/b19-17-,20-18-/t46-,47?/m1/s1. The summed E-state index contributed by atoms with van der Waals surface area (Å²) >= 11 is 0. The van der Waals surface area contributed by atoms with E-state index in [1.54, 1.807) is 21.6 Å². The highest BCUT2D eigenvalue weighted by atomic mass is 33.1. The van der Waals surface area contributed by atoms with E-state index in [2.05, 4.69) is 48.8 Å². The van der Waals surface area contributed by atoms with Gasteiger partial charge in [0.15, 0.2) is 6.10 Å². The first-order valence-corrected chi connectivity index (χ1v) is 28.8. The van der Waals surface area contributed by atoms with Crippen LogP contribution in [0.1, 0.15) is 219 Å². The smallest absolute Gasteiger partial charge is 0.306 e. The van der Waals surface area contributed by atoms with E-state index in [0.29, 0.717) is 50.4 Å². The molecule has 2 atom stereocenters. The summed E-state index contributed by atoms with van der Waals surface area (Å²) in [5.74, 6) is -0.471. The number of allylic oxidation sites excluding steroid dienone is 4. The van der Waals surface area contributed by atoms with E-state index < -0.39 is 24.1 Å². The van der Waals surface area contributed by atoms with Crippen LogP contribution in [0.4, 0.5) is 0 Å². The van der Waals surface area contributed by atoms with Gasteiger partial charge in [-0.3, -0.25) is 24.0 Å². The normalized spacial score (nSPS) is 12.4. The first kappa shape index (κ1) is 63.5. The van der Waals surface area contributed by atoms with Gasteiger partial charge in [-0.1, -0.05) is 162 Å². The molecule has 0 aromatic rings. The molecule has 384 valence electrons. The number of esters is 3. The number of nitrogens with two attached hydrogens (primary N) is 2. The lowest BCUT2D eigenvalue weighted by molar-refractivity contribution is -0.167. The van der Waals surface area contributed by atoms with Gasteiger partial charge in [0.1, 0.15) is 13.2 Å². The minimum atomic E-state index is -0.924. The van der Waals surface area contributed by atoms with Gasteiger partial charge in [0.05, 0.1) is 12.5 Å². The Morgan fingerprint density at radius 1 is 0.500 bits per heavy atom. The van der Waals surface area contributed by atoms with Gasteiger partial charge in [-0.2, -0.15) is 0 Å². The highest BCUT2D eigenvalue weighted by Gasteiger charge is 2.20. The number of unbranched alkanes of at least 4 members (excludes halogenated alkanes) is 22. The zero-order valence-corrected chi connectivity index (χ0v) is 43.4. The predicted octanol–water partition coefficient (Wildman–Crippen LogP) is 11.5. The third-order valence-electron chi connectivity index (χ3n) is 11.1. The van der Waals surface area contributed by atoms with Gasteiger partial charge in [-0.05, 0) is 83.6 Å². The van der Waals surface area contributed by atoms with Crippen molar-refractivity contribution in [3.8, 4) is 0 Å². The van der Waals surface area contributed by atoms with Crippen LogP contribution >= 0.6 is 21.6 Å². The average Bonchev–Trinajstić information content (AvgIpc) is 3.31. The summed E-state index contributed by atoms with van der Waals surface area (Å²) in [6, 6.07) is -0.545. The molecule has 0 radical (unpaired) electrons. The van der Waals surface area contributed by atoms with Crippen LogP contribution in [0.15, 0.2) is 24.3 Å². The molecule has 12 nitrogen and oxygen atoms in total. The van der Waals surface area contributed by atoms with Gasteiger partial charge in [-0.25, -0.2) is 0 Å². The largest absolute Gasteiger partial charge is 0.462 e. The van der Waals surface area contributed by atoms with E-state index in [4.69, 9.17) is 25.7 Å². The molecule has 0 aliphatic heterocycles. The number of ether oxygens (including phenoxy) is 3. The Kier molecular flexibility index (Phi) is 48.4. The topological polar surface area (TPSA) is 189 Å². The molecule has 0 spiro atoms. The maximum absolute atomic E-state index is 12.8. The Labute approximate surface area is 410 Å². The van der Waals surface area contributed by atoms with Crippen LogP contribution in [0, 0.1) is 0 Å². The first-order chi connectivity index (χ1) is 32.2. The molecule has 14 heteroatoms. The molecule has 1 unspecified atom stereocenters. The number of carbonyl (C=O) groups excluding carboxylic acids is 5. The number of amides is 2. The van der Waals surface area contributed by atoms with Crippen LogP contribution in [0.3, 0.4) is 0 Å². The number of hydrogen-bond acceptors (Lipinski definition) is 12. The highest BCUT2D eigenvalue weighted by molar-refractivity contribution is 8.76. The summed E-state index contributed by atoms with van der Waals surface area (Å²) in [6.07, 6.45) is 40.3. The van der Waals surface area contributed by atoms with Crippen LogP contribution < -0.4 is 22.1 Å². The molecule has 0 aliphatic rings. The van der Waals surface area contributed by atoms with Crippen LogP contribution in [-0.2, 0) is 38.2 Å². The fraction of sp³-hybridized carbons (Fsp3) is 0.827. The Hall–Kier alpha value is -2.55. The van der Waals surface area contributed by atoms with Crippen molar-refractivity contribution in [1.29, 1.82) is 0 Å². The number of rotatable bonds is 49. The van der Waals surface area contributed by atoms with Crippen LogP contribution in [-0.4, -0.2) is 86.2 Å². The fourth-order valence-corrected chi connectivity index (χ4v) is 8.84. The van der Waals surface area contributed by atoms with Crippen LogP contribution in [0.25, 0.3) is 0 Å². The van der Waals surface area contributed by atoms with Crippen LogP contribution in [0.5, 0.6) is 0 Å². The van der Waals surface area contributed by atoms with Crippen molar-refractivity contribution < 1.29 is 38.2 Å². The summed E-state index contributed by atoms with van der Waals surface area (Å²) < 4.78 is 16.5. The second-order valence-corrected chi connectivity index (χ2v) is 20.2. The third-order valence-corrected chi connectivity index (χ3v) is 13.5. The van der Waals surface area contributed by atoms with E-state index in [1.165, 1.54) is 89.9 Å². The molecule has 66 heavy (non-hydrogen) atoms. The number of nitrogens with one attached hydrogen (secondary N) is 2. The molecule has 0 rings (SSSR count). The molecule has 0 aromatic carbocycles. The summed E-state index contributed by atoms with van der Waals surface area (Å²) in [5, 5.41) is 5.61. The monoisotopic (exact) mass is 969 g/mol. The summed E-state index contributed by atoms with van der Waals surface area (Å²) in [4.78, 5) is 62.3. The lowest BCUT2D eigenvalue weighted by Crippen LogP contribution is -2.41. The molecule has 0 bridgehead atoms. The first-order valence-electron chi connectivity index (χ1n) is 26.3. The SMILES string of the molecule is CCCCCCCC/C=C\CCCCCCCC(=O)OC[C@H](COC(=O)CCC(=O)NCCSSCCNC(=O)C(N)CCCN)OC(=O)CCCCCCC/C=C\CCCCCCCC. The van der Waals surface area contributed by atoms with Gasteiger partial charge in [0.2, 0.25) is 11.8 Å². The Bertz CT molecular complexity index is 1240. The maximum atomic E-state index is 12.8. The Balaban J connectivity index is 4.51. The Morgan fingerprint density at radius 2 is 0.909 bits per heavy atom. The highest BCUT2D eigenvalue weighted by Crippen LogP contribution is 2.19. The summed E-state index contributed by atoms with van der Waals surface area (Å²) in [7, 11) is 3.16. The van der Waals surface area contributed by atoms with Crippen molar-refractivity contribution in [2.45, 2.75) is 231 Å². The quantitative estimate of drug-likeness (QED) is 0.0149. The molecule has 0 aliphatic carbocycles. The third kappa shape index (κ3) is 46.6. The molecule has 0 aromatic heterocycles. The van der Waals surface area contributed by atoms with Crippen molar-refractivity contribution in [3.05, 3.63) is 24.3 Å². The molecule has 0 saturated heterocycles. The lowest BCUT2D eigenvalue weighted by atomic mass is 10.1. The molecule has 0 saturated carbocycles. The van der Waals surface area contributed by atoms with Crippen LogP contribution in [0.2, 0.25) is 0 Å². The van der Waals surface area contributed by atoms with Crippen molar-refractivity contribution in [2.75, 3.05) is 44.4 Å². The maximum Gasteiger partial charge on any atom is 0.306 e.